The second-order valence-corrected chi connectivity index (χ2v) is 8.42. The molecule has 0 spiro atoms. The van der Waals surface area contributed by atoms with Crippen molar-refractivity contribution in [3.63, 3.8) is 0 Å². The fourth-order valence-corrected chi connectivity index (χ4v) is 4.80. The Morgan fingerprint density at radius 2 is 1.50 bits per heavy atom. The van der Waals surface area contributed by atoms with Crippen molar-refractivity contribution >= 4 is 16.2 Å². The Morgan fingerprint density at radius 3 is 2.08 bits per heavy atom. The molecule has 0 saturated heterocycles. The maximum atomic E-state index is 13.0. The van der Waals surface area contributed by atoms with Gasteiger partial charge in [0.15, 0.2) is 17.9 Å². The third kappa shape index (κ3) is 2.84. The van der Waals surface area contributed by atoms with Gasteiger partial charge in [-0.3, -0.25) is 0 Å². The lowest BCUT2D eigenvalue weighted by Gasteiger charge is -2.22. The Balaban J connectivity index is 2.05. The van der Waals surface area contributed by atoms with Gasteiger partial charge in [0.1, 0.15) is 0 Å². The number of rotatable bonds is 3. The molecule has 0 amide bonds. The van der Waals surface area contributed by atoms with E-state index in [1.165, 1.54) is 6.40 Å². The van der Waals surface area contributed by atoms with Gasteiger partial charge in [0.2, 0.25) is 9.84 Å². The van der Waals surface area contributed by atoms with Crippen LogP contribution < -0.4 is 0 Å². The maximum Gasteiger partial charge on any atom is 0.205 e. The second-order valence-electron chi connectivity index (χ2n) is 6.37. The first kappa shape index (κ1) is 16.7. The van der Waals surface area contributed by atoms with E-state index in [2.05, 4.69) is 4.99 Å². The van der Waals surface area contributed by atoms with Crippen LogP contribution in [-0.4, -0.2) is 20.2 Å². The lowest BCUT2D eigenvalue weighted by Crippen LogP contribution is -2.25. The first-order valence-electron chi connectivity index (χ1n) is 7.86. The summed E-state index contributed by atoms with van der Waals surface area (Å²) >= 11 is 0. The largest absolute Gasteiger partial charge is 0.472 e. The number of ether oxygens (including phenoxy) is 1. The summed E-state index contributed by atoms with van der Waals surface area (Å²) in [6, 6.07) is 10.9. The van der Waals surface area contributed by atoms with Crippen LogP contribution in [0.5, 0.6) is 0 Å². The minimum atomic E-state index is -3.62. The molecule has 1 heterocycles. The van der Waals surface area contributed by atoms with E-state index in [-0.39, 0.29) is 4.90 Å². The lowest BCUT2D eigenvalue weighted by atomic mass is 9.95. The number of sulfone groups is 1. The molecule has 0 saturated carbocycles. The SMILES string of the molecule is Cc1ccc(S(=O)(=O)[C@@H]2N=CO[C@H]2c2c(C)cc(C)cc2C)cc1. The summed E-state index contributed by atoms with van der Waals surface area (Å²) in [7, 11) is -3.62. The number of hydrogen-bond donors (Lipinski definition) is 0. The van der Waals surface area contributed by atoms with Crippen molar-refractivity contribution < 1.29 is 13.2 Å². The van der Waals surface area contributed by atoms with Crippen LogP contribution in [0.15, 0.2) is 46.3 Å². The lowest BCUT2D eigenvalue weighted by molar-refractivity contribution is 0.225. The molecule has 0 aromatic heterocycles. The van der Waals surface area contributed by atoms with Gasteiger partial charge in [-0.25, -0.2) is 13.4 Å². The van der Waals surface area contributed by atoms with Gasteiger partial charge < -0.3 is 4.74 Å². The number of aryl methyl sites for hydroxylation is 4. The Hall–Kier alpha value is -2.14. The van der Waals surface area contributed by atoms with Crippen LogP contribution >= 0.6 is 0 Å². The maximum absolute atomic E-state index is 13.0. The highest BCUT2D eigenvalue weighted by atomic mass is 32.2. The first-order chi connectivity index (χ1) is 11.3. The molecular weight excluding hydrogens is 322 g/mol. The summed E-state index contributed by atoms with van der Waals surface area (Å²) in [5.41, 5.74) is 5.10. The molecule has 4 nitrogen and oxygen atoms in total. The highest BCUT2D eigenvalue weighted by Crippen LogP contribution is 2.37. The fraction of sp³-hybridized carbons (Fsp3) is 0.316. The molecule has 126 valence electrons. The Labute approximate surface area is 143 Å². The Bertz CT molecular complexity index is 876. The van der Waals surface area contributed by atoms with E-state index in [1.807, 2.05) is 39.8 Å². The molecule has 0 bridgehead atoms. The molecule has 0 fully saturated rings. The summed E-state index contributed by atoms with van der Waals surface area (Å²) in [4.78, 5) is 4.40. The molecule has 0 N–H and O–H groups in total. The van der Waals surface area contributed by atoms with E-state index < -0.39 is 21.3 Å². The Kier molecular flexibility index (Phi) is 4.22. The molecule has 5 heteroatoms. The van der Waals surface area contributed by atoms with Crippen LogP contribution in [0, 0.1) is 27.7 Å². The van der Waals surface area contributed by atoms with Gasteiger partial charge in [-0.1, -0.05) is 35.4 Å². The molecule has 3 rings (SSSR count). The van der Waals surface area contributed by atoms with Crippen molar-refractivity contribution in [3.05, 3.63) is 64.2 Å². The molecule has 24 heavy (non-hydrogen) atoms. The summed E-state index contributed by atoms with van der Waals surface area (Å²) < 4.78 is 31.7. The molecular formula is C19H21NO3S. The van der Waals surface area contributed by atoms with Crippen LogP contribution in [0.2, 0.25) is 0 Å². The molecule has 0 radical (unpaired) electrons. The monoisotopic (exact) mass is 343 g/mol. The Morgan fingerprint density at radius 1 is 0.917 bits per heavy atom. The van der Waals surface area contributed by atoms with Crippen LogP contribution in [0.4, 0.5) is 0 Å². The van der Waals surface area contributed by atoms with Crippen LogP contribution in [0.1, 0.15) is 33.9 Å². The van der Waals surface area contributed by atoms with E-state index >= 15 is 0 Å². The van der Waals surface area contributed by atoms with Crippen molar-refractivity contribution in [2.75, 3.05) is 0 Å². The predicted octanol–water partition coefficient (Wildman–Crippen LogP) is 3.82. The number of nitrogens with zero attached hydrogens (tertiary/aromatic N) is 1. The molecule has 0 aliphatic carbocycles. The van der Waals surface area contributed by atoms with Crippen molar-refractivity contribution in [2.24, 2.45) is 4.99 Å². The van der Waals surface area contributed by atoms with E-state index in [0.29, 0.717) is 0 Å². The number of hydrogen-bond acceptors (Lipinski definition) is 4. The van der Waals surface area contributed by atoms with Crippen molar-refractivity contribution in [1.82, 2.24) is 0 Å². The van der Waals surface area contributed by atoms with Gasteiger partial charge in [0.25, 0.3) is 0 Å². The smallest absolute Gasteiger partial charge is 0.205 e. The molecule has 0 unspecified atom stereocenters. The summed E-state index contributed by atoms with van der Waals surface area (Å²) in [5.74, 6) is 0. The topological polar surface area (TPSA) is 55.7 Å². The van der Waals surface area contributed by atoms with Crippen molar-refractivity contribution in [3.8, 4) is 0 Å². The standard InChI is InChI=1S/C19H21NO3S/c1-12-5-7-16(8-6-12)24(21,22)19-18(23-11-20-19)17-14(3)9-13(2)10-15(17)4/h5-11,18-19H,1-4H3/t18-,19-/m0/s1. The van der Waals surface area contributed by atoms with E-state index in [9.17, 15) is 8.42 Å². The fourth-order valence-electron chi connectivity index (χ4n) is 3.27. The summed E-state index contributed by atoms with van der Waals surface area (Å²) in [6.45, 7) is 7.91. The average Bonchev–Trinajstić information content (AvgIpc) is 2.96. The van der Waals surface area contributed by atoms with Crippen molar-refractivity contribution in [1.29, 1.82) is 0 Å². The molecule has 1 aliphatic heterocycles. The van der Waals surface area contributed by atoms with E-state index in [0.717, 1.165) is 27.8 Å². The molecule has 2 aromatic rings. The average molecular weight is 343 g/mol. The van der Waals surface area contributed by atoms with Crippen LogP contribution in [0.25, 0.3) is 0 Å². The zero-order valence-corrected chi connectivity index (χ0v) is 15.1. The quantitative estimate of drug-likeness (QED) is 0.851. The first-order valence-corrected chi connectivity index (χ1v) is 9.41. The molecule has 2 aromatic carbocycles. The van der Waals surface area contributed by atoms with Gasteiger partial charge >= 0.3 is 0 Å². The van der Waals surface area contributed by atoms with Gasteiger partial charge in [-0.2, -0.15) is 0 Å². The summed E-state index contributed by atoms with van der Waals surface area (Å²) in [5, 5.41) is -0.958. The van der Waals surface area contributed by atoms with Crippen LogP contribution in [-0.2, 0) is 14.6 Å². The highest BCUT2D eigenvalue weighted by molar-refractivity contribution is 7.92. The van der Waals surface area contributed by atoms with Gasteiger partial charge in [0.05, 0.1) is 4.90 Å². The number of benzene rings is 2. The third-order valence-electron chi connectivity index (χ3n) is 4.36. The second kappa shape index (κ2) is 6.06. The van der Waals surface area contributed by atoms with Gasteiger partial charge in [-0.05, 0) is 51.0 Å². The zero-order valence-electron chi connectivity index (χ0n) is 14.3. The van der Waals surface area contributed by atoms with E-state index in [1.54, 1.807) is 24.3 Å². The number of aliphatic imine (C=N–C) groups is 1. The normalized spacial score (nSPS) is 20.2. The van der Waals surface area contributed by atoms with Crippen LogP contribution in [0.3, 0.4) is 0 Å². The van der Waals surface area contributed by atoms with Crippen molar-refractivity contribution in [2.45, 2.75) is 44.1 Å². The minimum absolute atomic E-state index is 0.271. The highest BCUT2D eigenvalue weighted by Gasteiger charge is 2.40. The predicted molar refractivity (Wildman–Crippen MR) is 95.1 cm³/mol. The minimum Gasteiger partial charge on any atom is -0.472 e. The molecule has 2 atom stereocenters. The third-order valence-corrected chi connectivity index (χ3v) is 6.30. The summed E-state index contributed by atoms with van der Waals surface area (Å²) in [6.07, 6.45) is 0.650. The van der Waals surface area contributed by atoms with E-state index in [4.69, 9.17) is 4.74 Å². The molecule has 1 aliphatic rings. The van der Waals surface area contributed by atoms with Gasteiger partial charge in [0, 0.05) is 5.56 Å². The van der Waals surface area contributed by atoms with Gasteiger partial charge in [-0.15, -0.1) is 0 Å². The zero-order chi connectivity index (χ0) is 17.5.